The molecule has 1 saturated carbocycles. The van der Waals surface area contributed by atoms with Crippen molar-refractivity contribution in [3.05, 3.63) is 28.8 Å². The van der Waals surface area contributed by atoms with E-state index in [1.54, 1.807) is 11.8 Å². The van der Waals surface area contributed by atoms with Crippen molar-refractivity contribution in [3.8, 4) is 0 Å². The SMILES string of the molecule is O=C1CCSc2cc3c(cc21)C1CCC1CCC3=O. The molecule has 19 heavy (non-hydrogen) atoms. The molecule has 0 aromatic heterocycles. The number of carbonyl (C=O) groups excluding carboxylic acids is 2. The molecule has 1 aliphatic heterocycles. The Balaban J connectivity index is 1.90. The summed E-state index contributed by atoms with van der Waals surface area (Å²) in [5.74, 6) is 2.60. The van der Waals surface area contributed by atoms with Crippen molar-refractivity contribution in [2.24, 2.45) is 5.92 Å². The van der Waals surface area contributed by atoms with Gasteiger partial charge in [-0.15, -0.1) is 11.8 Å². The molecule has 1 heterocycles. The maximum absolute atomic E-state index is 12.3. The molecule has 2 nitrogen and oxygen atoms in total. The number of carbonyl (C=O) groups is 2. The number of benzene rings is 1. The molecule has 0 saturated heterocycles. The Morgan fingerprint density at radius 3 is 2.58 bits per heavy atom. The van der Waals surface area contributed by atoms with Crippen LogP contribution in [0.25, 0.3) is 0 Å². The van der Waals surface area contributed by atoms with Crippen molar-refractivity contribution >= 4 is 23.3 Å². The topological polar surface area (TPSA) is 34.1 Å². The van der Waals surface area contributed by atoms with Crippen LogP contribution in [0.2, 0.25) is 0 Å². The molecule has 0 radical (unpaired) electrons. The molecule has 1 fully saturated rings. The molecule has 2 aliphatic carbocycles. The highest BCUT2D eigenvalue weighted by atomic mass is 32.2. The smallest absolute Gasteiger partial charge is 0.164 e. The van der Waals surface area contributed by atoms with Crippen molar-refractivity contribution in [1.29, 1.82) is 0 Å². The van der Waals surface area contributed by atoms with Crippen LogP contribution in [0.5, 0.6) is 0 Å². The first-order valence-corrected chi connectivity index (χ1v) is 8.10. The van der Waals surface area contributed by atoms with E-state index in [1.165, 1.54) is 18.4 Å². The van der Waals surface area contributed by atoms with Crippen LogP contribution >= 0.6 is 11.8 Å². The first-order chi connectivity index (χ1) is 9.24. The van der Waals surface area contributed by atoms with Gasteiger partial charge in [-0.05, 0) is 48.8 Å². The lowest BCUT2D eigenvalue weighted by Gasteiger charge is -2.36. The summed E-state index contributed by atoms with van der Waals surface area (Å²) in [6, 6.07) is 4.06. The van der Waals surface area contributed by atoms with Gasteiger partial charge in [-0.2, -0.15) is 0 Å². The molecule has 4 rings (SSSR count). The summed E-state index contributed by atoms with van der Waals surface area (Å²) in [6.45, 7) is 0. The molecule has 0 bridgehead atoms. The normalized spacial score (nSPS) is 28.8. The number of ketones is 2. The Bertz CT molecular complexity index is 591. The molecule has 98 valence electrons. The first-order valence-electron chi connectivity index (χ1n) is 7.11. The summed E-state index contributed by atoms with van der Waals surface area (Å²) in [5.41, 5.74) is 2.96. The number of hydrogen-bond acceptors (Lipinski definition) is 3. The highest BCUT2D eigenvalue weighted by molar-refractivity contribution is 7.99. The zero-order valence-corrected chi connectivity index (χ0v) is 11.6. The van der Waals surface area contributed by atoms with E-state index in [2.05, 4.69) is 6.07 Å². The number of Topliss-reactive ketones (excluding diaryl/α,β-unsaturated/α-hetero) is 2. The molecular weight excluding hydrogens is 256 g/mol. The molecule has 0 spiro atoms. The number of hydrogen-bond donors (Lipinski definition) is 0. The summed E-state index contributed by atoms with van der Waals surface area (Å²) >= 11 is 1.72. The van der Waals surface area contributed by atoms with Crippen LogP contribution in [0.1, 0.15) is 64.3 Å². The highest BCUT2D eigenvalue weighted by Gasteiger charge is 2.38. The van der Waals surface area contributed by atoms with Gasteiger partial charge in [0.25, 0.3) is 0 Å². The van der Waals surface area contributed by atoms with E-state index in [4.69, 9.17) is 0 Å². The second kappa shape index (κ2) is 4.20. The third-order valence-electron chi connectivity index (χ3n) is 4.90. The lowest BCUT2D eigenvalue weighted by atomic mass is 9.68. The Hall–Kier alpha value is -1.09. The van der Waals surface area contributed by atoms with Gasteiger partial charge in [0.2, 0.25) is 0 Å². The number of thioether (sulfide) groups is 1. The van der Waals surface area contributed by atoms with E-state index < -0.39 is 0 Å². The Morgan fingerprint density at radius 1 is 0.947 bits per heavy atom. The average molecular weight is 272 g/mol. The van der Waals surface area contributed by atoms with Gasteiger partial charge in [-0.3, -0.25) is 9.59 Å². The van der Waals surface area contributed by atoms with Crippen molar-refractivity contribution in [2.45, 2.75) is 42.9 Å². The average Bonchev–Trinajstić information content (AvgIpc) is 2.45. The molecule has 1 aromatic carbocycles. The fourth-order valence-corrected chi connectivity index (χ4v) is 4.68. The monoisotopic (exact) mass is 272 g/mol. The summed E-state index contributed by atoms with van der Waals surface area (Å²) in [7, 11) is 0. The Morgan fingerprint density at radius 2 is 1.79 bits per heavy atom. The zero-order valence-electron chi connectivity index (χ0n) is 10.8. The summed E-state index contributed by atoms with van der Waals surface area (Å²) in [5, 5.41) is 0. The molecule has 2 unspecified atom stereocenters. The molecule has 0 N–H and O–H groups in total. The van der Waals surface area contributed by atoms with Crippen LogP contribution in [-0.4, -0.2) is 17.3 Å². The minimum absolute atomic E-state index is 0.254. The van der Waals surface area contributed by atoms with Crippen LogP contribution in [-0.2, 0) is 0 Å². The summed E-state index contributed by atoms with van der Waals surface area (Å²) in [6.07, 6.45) is 4.79. The largest absolute Gasteiger partial charge is 0.294 e. The van der Waals surface area contributed by atoms with Gasteiger partial charge in [-0.1, -0.05) is 0 Å². The van der Waals surface area contributed by atoms with E-state index >= 15 is 0 Å². The Kier molecular flexibility index (Phi) is 2.59. The van der Waals surface area contributed by atoms with Crippen LogP contribution in [0.3, 0.4) is 0 Å². The van der Waals surface area contributed by atoms with E-state index in [0.29, 0.717) is 24.7 Å². The van der Waals surface area contributed by atoms with E-state index in [0.717, 1.165) is 28.2 Å². The third-order valence-corrected chi connectivity index (χ3v) is 5.96. The lowest BCUT2D eigenvalue weighted by molar-refractivity contribution is 0.0966. The molecule has 2 atom stereocenters. The predicted octanol–water partition coefficient (Wildman–Crippen LogP) is 3.84. The molecular formula is C16H16O2S. The van der Waals surface area contributed by atoms with Gasteiger partial charge in [-0.25, -0.2) is 0 Å². The quantitative estimate of drug-likeness (QED) is 0.719. The van der Waals surface area contributed by atoms with Gasteiger partial charge in [0.15, 0.2) is 11.6 Å². The van der Waals surface area contributed by atoms with Crippen molar-refractivity contribution in [3.63, 3.8) is 0 Å². The first kappa shape index (κ1) is 11.7. The lowest BCUT2D eigenvalue weighted by Crippen LogP contribution is -2.23. The Labute approximate surface area is 117 Å². The van der Waals surface area contributed by atoms with Crippen molar-refractivity contribution < 1.29 is 9.59 Å². The molecule has 1 aromatic rings. The summed E-state index contributed by atoms with van der Waals surface area (Å²) in [4.78, 5) is 25.4. The van der Waals surface area contributed by atoms with Gasteiger partial charge in [0.1, 0.15) is 0 Å². The van der Waals surface area contributed by atoms with Crippen LogP contribution in [0, 0.1) is 5.92 Å². The predicted molar refractivity (Wildman–Crippen MR) is 75.1 cm³/mol. The number of fused-ring (bicyclic) bond motifs is 4. The van der Waals surface area contributed by atoms with Crippen molar-refractivity contribution in [2.75, 3.05) is 5.75 Å². The zero-order chi connectivity index (χ0) is 13.0. The van der Waals surface area contributed by atoms with Crippen LogP contribution in [0.4, 0.5) is 0 Å². The maximum atomic E-state index is 12.3. The molecule has 0 amide bonds. The highest BCUT2D eigenvalue weighted by Crippen LogP contribution is 2.49. The van der Waals surface area contributed by atoms with Crippen LogP contribution < -0.4 is 0 Å². The number of rotatable bonds is 0. The molecule has 3 heteroatoms. The third kappa shape index (κ3) is 1.71. The van der Waals surface area contributed by atoms with Gasteiger partial charge >= 0.3 is 0 Å². The standard InChI is InChI=1S/C16H16O2S/c17-14-4-2-9-1-3-10(9)11-7-13-15(18)5-6-19-16(13)8-12(11)14/h7-10H,1-6H2. The van der Waals surface area contributed by atoms with E-state index in [9.17, 15) is 9.59 Å². The summed E-state index contributed by atoms with van der Waals surface area (Å²) < 4.78 is 0. The molecule has 3 aliphatic rings. The maximum Gasteiger partial charge on any atom is 0.164 e. The van der Waals surface area contributed by atoms with Gasteiger partial charge in [0.05, 0.1) is 0 Å². The van der Waals surface area contributed by atoms with Crippen LogP contribution in [0.15, 0.2) is 17.0 Å². The van der Waals surface area contributed by atoms with E-state index in [-0.39, 0.29) is 11.6 Å². The minimum atomic E-state index is 0.254. The second-order valence-electron chi connectivity index (χ2n) is 5.86. The minimum Gasteiger partial charge on any atom is -0.294 e. The van der Waals surface area contributed by atoms with Crippen molar-refractivity contribution in [1.82, 2.24) is 0 Å². The second-order valence-corrected chi connectivity index (χ2v) is 7.00. The fraction of sp³-hybridized carbons (Fsp3) is 0.500. The van der Waals surface area contributed by atoms with E-state index in [1.807, 2.05) is 6.07 Å². The fourth-order valence-electron chi connectivity index (χ4n) is 3.65. The van der Waals surface area contributed by atoms with Gasteiger partial charge < -0.3 is 0 Å². The van der Waals surface area contributed by atoms with Gasteiger partial charge in [0, 0.05) is 34.6 Å².